The summed E-state index contributed by atoms with van der Waals surface area (Å²) in [4.78, 5) is 15.0. The molecule has 0 atom stereocenters. The first kappa shape index (κ1) is 17.8. The number of hydrogen-bond acceptors (Lipinski definition) is 4. The van der Waals surface area contributed by atoms with Crippen LogP contribution in [0.2, 0.25) is 0 Å². The lowest BCUT2D eigenvalue weighted by Gasteiger charge is -2.42. The number of carbonyl (C=O) groups excluding carboxylic acids is 1. The van der Waals surface area contributed by atoms with Crippen LogP contribution in [-0.2, 0) is 11.8 Å². The Morgan fingerprint density at radius 3 is 2.48 bits per heavy atom. The number of carbonyl (C=O) groups is 1. The van der Waals surface area contributed by atoms with Crippen LogP contribution in [0.3, 0.4) is 0 Å². The van der Waals surface area contributed by atoms with E-state index in [1.54, 1.807) is 17.9 Å². The molecule has 1 aliphatic rings. The molecule has 0 aromatic carbocycles. The maximum Gasteiger partial charge on any atom is 0.245 e. The van der Waals surface area contributed by atoms with Gasteiger partial charge < -0.3 is 15.5 Å². The van der Waals surface area contributed by atoms with Gasteiger partial charge in [-0.3, -0.25) is 9.48 Å². The molecule has 0 bridgehead atoms. The van der Waals surface area contributed by atoms with Crippen molar-refractivity contribution in [2.45, 2.75) is 45.1 Å². The highest BCUT2D eigenvalue weighted by molar-refractivity contribution is 5.89. The van der Waals surface area contributed by atoms with Gasteiger partial charge in [0.2, 0.25) is 5.91 Å². The molecular weight excluding hydrogens is 290 g/mol. The second-order valence-electron chi connectivity index (χ2n) is 6.61. The topological polar surface area (TPSA) is 62.2 Å². The van der Waals surface area contributed by atoms with Crippen LogP contribution in [0.4, 0.5) is 5.82 Å². The number of aryl methyl sites for hydroxylation is 1. The highest BCUT2D eigenvalue weighted by Gasteiger charge is 2.41. The van der Waals surface area contributed by atoms with E-state index in [1.807, 2.05) is 13.1 Å². The Balaban J connectivity index is 2.05. The largest absolute Gasteiger partial charge is 0.357 e. The fourth-order valence-corrected chi connectivity index (χ4v) is 3.42. The Labute approximate surface area is 139 Å². The van der Waals surface area contributed by atoms with Crippen molar-refractivity contribution in [2.75, 3.05) is 32.0 Å². The van der Waals surface area contributed by atoms with E-state index < -0.39 is 5.54 Å². The zero-order valence-electron chi connectivity index (χ0n) is 14.9. The van der Waals surface area contributed by atoms with Crippen LogP contribution in [0, 0.1) is 5.92 Å². The third-order valence-electron chi connectivity index (χ3n) is 5.23. The summed E-state index contributed by atoms with van der Waals surface area (Å²) >= 11 is 0. The molecule has 0 radical (unpaired) electrons. The first-order chi connectivity index (χ1) is 11.0. The summed E-state index contributed by atoms with van der Waals surface area (Å²) in [7, 11) is 3.60. The molecule has 0 unspecified atom stereocenters. The number of nitrogens with zero attached hydrogens (tertiary/aromatic N) is 3. The van der Waals surface area contributed by atoms with Gasteiger partial charge in [0.05, 0.1) is 6.20 Å². The van der Waals surface area contributed by atoms with Gasteiger partial charge in [0.25, 0.3) is 0 Å². The SMILES string of the molecule is CCC(CC)CN1CCC(Nc2ccnn2C)(C(=O)NC)CC1. The van der Waals surface area contributed by atoms with Crippen LogP contribution < -0.4 is 10.6 Å². The molecule has 130 valence electrons. The Morgan fingerprint density at radius 2 is 2.00 bits per heavy atom. The third kappa shape index (κ3) is 4.05. The minimum atomic E-state index is -0.535. The number of likely N-dealkylation sites (N-methyl/N-ethyl adjacent to an activating group) is 1. The number of aromatic nitrogens is 2. The fraction of sp³-hybridized carbons (Fsp3) is 0.765. The molecule has 0 spiro atoms. The summed E-state index contributed by atoms with van der Waals surface area (Å²) in [5.41, 5.74) is -0.535. The first-order valence-electron chi connectivity index (χ1n) is 8.75. The highest BCUT2D eigenvalue weighted by atomic mass is 16.2. The molecule has 1 aromatic rings. The van der Waals surface area contributed by atoms with Gasteiger partial charge in [0.15, 0.2) is 0 Å². The van der Waals surface area contributed by atoms with E-state index >= 15 is 0 Å². The molecule has 6 heteroatoms. The number of piperidine rings is 1. The van der Waals surface area contributed by atoms with E-state index in [0.29, 0.717) is 0 Å². The van der Waals surface area contributed by atoms with Crippen molar-refractivity contribution in [2.24, 2.45) is 13.0 Å². The maximum absolute atomic E-state index is 12.5. The Hall–Kier alpha value is -1.56. The van der Waals surface area contributed by atoms with Gasteiger partial charge in [-0.25, -0.2) is 0 Å². The zero-order chi connectivity index (χ0) is 16.9. The lowest BCUT2D eigenvalue weighted by molar-refractivity contribution is -0.126. The Bertz CT molecular complexity index is 501. The fourth-order valence-electron chi connectivity index (χ4n) is 3.42. The lowest BCUT2D eigenvalue weighted by atomic mass is 9.85. The van der Waals surface area contributed by atoms with Gasteiger partial charge in [0, 0.05) is 39.8 Å². The van der Waals surface area contributed by atoms with E-state index in [9.17, 15) is 4.79 Å². The van der Waals surface area contributed by atoms with Gasteiger partial charge >= 0.3 is 0 Å². The van der Waals surface area contributed by atoms with Crippen LogP contribution >= 0.6 is 0 Å². The minimum Gasteiger partial charge on any atom is -0.357 e. The standard InChI is InChI=1S/C17H31N5O/c1-5-14(6-2)13-22-11-8-17(9-12-22,16(23)18-3)20-15-7-10-19-21(15)4/h7,10,14,20H,5-6,8-9,11-13H2,1-4H3,(H,18,23). The van der Waals surface area contributed by atoms with Crippen molar-refractivity contribution >= 4 is 11.7 Å². The molecule has 1 aromatic heterocycles. The molecular formula is C17H31N5O. The zero-order valence-corrected chi connectivity index (χ0v) is 14.9. The molecule has 2 N–H and O–H groups in total. The van der Waals surface area contributed by atoms with Crippen LogP contribution in [0.25, 0.3) is 0 Å². The second-order valence-corrected chi connectivity index (χ2v) is 6.61. The molecule has 0 saturated carbocycles. The third-order valence-corrected chi connectivity index (χ3v) is 5.23. The predicted molar refractivity (Wildman–Crippen MR) is 93.4 cm³/mol. The number of likely N-dealkylation sites (tertiary alicyclic amines) is 1. The lowest BCUT2D eigenvalue weighted by Crippen LogP contribution is -2.58. The van der Waals surface area contributed by atoms with Crippen molar-refractivity contribution in [1.82, 2.24) is 20.0 Å². The summed E-state index contributed by atoms with van der Waals surface area (Å²) in [6.07, 6.45) is 5.83. The van der Waals surface area contributed by atoms with Crippen molar-refractivity contribution in [3.8, 4) is 0 Å². The van der Waals surface area contributed by atoms with Gasteiger partial charge in [-0.2, -0.15) is 5.10 Å². The smallest absolute Gasteiger partial charge is 0.245 e. The normalized spacial score (nSPS) is 18.1. The number of nitrogens with one attached hydrogen (secondary N) is 2. The van der Waals surface area contributed by atoms with Gasteiger partial charge in [-0.05, 0) is 18.8 Å². The summed E-state index contributed by atoms with van der Waals surface area (Å²) in [6.45, 7) is 7.57. The van der Waals surface area contributed by atoms with Crippen LogP contribution in [0.15, 0.2) is 12.3 Å². The molecule has 1 saturated heterocycles. The van der Waals surface area contributed by atoms with Crippen molar-refractivity contribution < 1.29 is 4.79 Å². The number of hydrogen-bond donors (Lipinski definition) is 2. The van der Waals surface area contributed by atoms with Gasteiger partial charge in [-0.1, -0.05) is 26.7 Å². The van der Waals surface area contributed by atoms with Crippen LogP contribution in [0.1, 0.15) is 39.5 Å². The van der Waals surface area contributed by atoms with E-state index in [1.165, 1.54) is 12.8 Å². The molecule has 1 aliphatic heterocycles. The van der Waals surface area contributed by atoms with Crippen LogP contribution in [0.5, 0.6) is 0 Å². The molecule has 0 aliphatic carbocycles. The molecule has 6 nitrogen and oxygen atoms in total. The average molecular weight is 321 g/mol. The number of anilines is 1. The van der Waals surface area contributed by atoms with Gasteiger partial charge in [0.1, 0.15) is 11.4 Å². The Morgan fingerprint density at radius 1 is 1.35 bits per heavy atom. The number of amides is 1. The molecule has 1 fully saturated rings. The molecule has 2 rings (SSSR count). The van der Waals surface area contributed by atoms with Crippen molar-refractivity contribution in [3.05, 3.63) is 12.3 Å². The van der Waals surface area contributed by atoms with E-state index in [4.69, 9.17) is 0 Å². The molecule has 1 amide bonds. The molecule has 23 heavy (non-hydrogen) atoms. The van der Waals surface area contributed by atoms with Crippen LogP contribution in [-0.4, -0.2) is 52.8 Å². The van der Waals surface area contributed by atoms with Crippen molar-refractivity contribution in [3.63, 3.8) is 0 Å². The van der Waals surface area contributed by atoms with E-state index in [2.05, 4.69) is 34.5 Å². The first-order valence-corrected chi connectivity index (χ1v) is 8.75. The summed E-state index contributed by atoms with van der Waals surface area (Å²) in [6, 6.07) is 1.92. The van der Waals surface area contributed by atoms with Crippen molar-refractivity contribution in [1.29, 1.82) is 0 Å². The molecule has 2 heterocycles. The summed E-state index contributed by atoms with van der Waals surface area (Å²) < 4.78 is 1.78. The van der Waals surface area contributed by atoms with E-state index in [0.717, 1.165) is 44.2 Å². The second kappa shape index (κ2) is 7.81. The highest BCUT2D eigenvalue weighted by Crippen LogP contribution is 2.28. The van der Waals surface area contributed by atoms with E-state index in [-0.39, 0.29) is 5.91 Å². The minimum absolute atomic E-state index is 0.0703. The monoisotopic (exact) mass is 321 g/mol. The number of rotatable bonds is 7. The predicted octanol–water partition coefficient (Wildman–Crippen LogP) is 1.85. The average Bonchev–Trinajstić information content (AvgIpc) is 2.98. The quantitative estimate of drug-likeness (QED) is 0.804. The maximum atomic E-state index is 12.5. The summed E-state index contributed by atoms with van der Waals surface area (Å²) in [5.74, 6) is 1.72. The Kier molecular flexibility index (Phi) is 6.04. The van der Waals surface area contributed by atoms with Gasteiger partial charge in [-0.15, -0.1) is 0 Å². The summed E-state index contributed by atoms with van der Waals surface area (Å²) in [5, 5.41) is 10.5.